The molecule has 3 aromatic carbocycles. The van der Waals surface area contributed by atoms with Crippen LogP contribution in [0.25, 0.3) is 33.4 Å². The largest absolute Gasteiger partial charge is 0.206 e. The summed E-state index contributed by atoms with van der Waals surface area (Å²) >= 11 is 0. The smallest absolute Gasteiger partial charge is 0.141 e. The molecule has 0 N–H and O–H groups in total. The molecule has 5 rings (SSSR count). The van der Waals surface area contributed by atoms with Crippen molar-refractivity contribution < 1.29 is 26.3 Å². The van der Waals surface area contributed by atoms with Crippen molar-refractivity contribution in [3.63, 3.8) is 0 Å². The van der Waals surface area contributed by atoms with E-state index in [-0.39, 0.29) is 0 Å². The zero-order valence-corrected chi connectivity index (χ0v) is 23.2. The van der Waals surface area contributed by atoms with Gasteiger partial charge in [0, 0.05) is 44.5 Å². The lowest BCUT2D eigenvalue weighted by Crippen LogP contribution is -2.06. The summed E-state index contributed by atoms with van der Waals surface area (Å²) in [4.78, 5) is 0. The van der Waals surface area contributed by atoms with Gasteiger partial charge in [-0.2, -0.15) is 42.1 Å². The second-order valence-electron chi connectivity index (χ2n) is 9.65. The third kappa shape index (κ3) is 4.18. The van der Waals surface area contributed by atoms with Crippen molar-refractivity contribution in [3.05, 3.63) is 115 Å². The van der Waals surface area contributed by atoms with Gasteiger partial charge in [-0.3, -0.25) is 0 Å². The highest BCUT2D eigenvalue weighted by molar-refractivity contribution is 6.30. The molecule has 0 atom stereocenters. The van der Waals surface area contributed by atoms with Crippen LogP contribution in [0.3, 0.4) is 0 Å². The summed E-state index contributed by atoms with van der Waals surface area (Å²) in [5.41, 5.74) is -16.2. The van der Waals surface area contributed by atoms with Gasteiger partial charge in [0.15, 0.2) is 0 Å². The molecular weight excluding hydrogens is 634 g/mol. The molecule has 2 aliphatic rings. The van der Waals surface area contributed by atoms with Crippen LogP contribution in [-0.4, -0.2) is 0 Å². The first-order chi connectivity index (χ1) is 23.0. The number of hydrogen-bond acceptors (Lipinski definition) is 8. The first kappa shape index (κ1) is 31.5. The van der Waals surface area contributed by atoms with Crippen molar-refractivity contribution in [3.8, 4) is 48.6 Å². The van der Waals surface area contributed by atoms with E-state index in [0.717, 1.165) is 0 Å². The maximum atomic E-state index is 17.1. The Morgan fingerprint density at radius 2 is 0.688 bits per heavy atom. The number of hydrogen-bond donors (Lipinski definition) is 0. The van der Waals surface area contributed by atoms with Gasteiger partial charge < -0.3 is 0 Å². The first-order valence-electron chi connectivity index (χ1n) is 12.7. The highest BCUT2D eigenvalue weighted by atomic mass is 19.2. The summed E-state index contributed by atoms with van der Waals surface area (Å²) in [7, 11) is 0. The van der Waals surface area contributed by atoms with Crippen molar-refractivity contribution in [2.45, 2.75) is 0 Å². The monoisotopic (exact) mass is 638 g/mol. The molecule has 2 aliphatic carbocycles. The minimum Gasteiger partial charge on any atom is -0.206 e. The summed E-state index contributed by atoms with van der Waals surface area (Å²) < 4.78 is 95.4. The van der Waals surface area contributed by atoms with Crippen molar-refractivity contribution in [2.24, 2.45) is 0 Å². The Balaban J connectivity index is 2.08. The molecule has 222 valence electrons. The van der Waals surface area contributed by atoms with Gasteiger partial charge in [0.1, 0.15) is 82.5 Å². The normalized spacial score (nSPS) is 12.4. The molecule has 0 radical (unpaired) electrons. The highest BCUT2D eigenvalue weighted by Gasteiger charge is 2.45. The fraction of sp³-hybridized carbons (Fsp3) is 0. The lowest BCUT2D eigenvalue weighted by Gasteiger charge is -2.15. The summed E-state index contributed by atoms with van der Waals surface area (Å²) in [6.45, 7) is 0. The van der Waals surface area contributed by atoms with Crippen LogP contribution >= 0.6 is 0 Å². The van der Waals surface area contributed by atoms with Crippen LogP contribution < -0.4 is 0 Å². The second kappa shape index (κ2) is 11.6. The molecule has 0 unspecified atom stereocenters. The predicted molar refractivity (Wildman–Crippen MR) is 150 cm³/mol. The average Bonchev–Trinajstić information content (AvgIpc) is 3.58. The number of nitriles is 8. The molecule has 3 aromatic rings. The van der Waals surface area contributed by atoms with Crippen LogP contribution in [0.5, 0.6) is 0 Å². The van der Waals surface area contributed by atoms with Crippen LogP contribution in [0.2, 0.25) is 0 Å². The van der Waals surface area contributed by atoms with Gasteiger partial charge in [-0.1, -0.05) is 0 Å². The predicted octanol–water partition coefficient (Wildman–Crippen LogP) is 6.76. The molecule has 0 saturated heterocycles. The van der Waals surface area contributed by atoms with Gasteiger partial charge in [0.25, 0.3) is 0 Å². The van der Waals surface area contributed by atoms with Gasteiger partial charge >= 0.3 is 0 Å². The zero-order chi connectivity index (χ0) is 35.2. The summed E-state index contributed by atoms with van der Waals surface area (Å²) in [6, 6.07) is 13.5. The molecule has 0 fully saturated rings. The Hall–Kier alpha value is -7.88. The van der Waals surface area contributed by atoms with Gasteiger partial charge in [-0.15, -0.1) is 0 Å². The van der Waals surface area contributed by atoms with E-state index in [2.05, 4.69) is 0 Å². The van der Waals surface area contributed by atoms with E-state index < -0.39 is 124 Å². The van der Waals surface area contributed by atoms with E-state index in [4.69, 9.17) is 10.5 Å². The van der Waals surface area contributed by atoms with E-state index in [1.807, 2.05) is 0 Å². The molecule has 8 nitrogen and oxygen atoms in total. The topological polar surface area (TPSA) is 190 Å². The number of allylic oxidation sites excluding steroid dienone is 8. The Morgan fingerprint density at radius 3 is 0.938 bits per heavy atom. The molecule has 48 heavy (non-hydrogen) atoms. The number of rotatable bonds is 2. The van der Waals surface area contributed by atoms with Gasteiger partial charge in [0.05, 0.1) is 45.5 Å². The number of benzene rings is 3. The molecule has 0 saturated carbocycles. The van der Waals surface area contributed by atoms with Crippen molar-refractivity contribution in [1.29, 1.82) is 42.1 Å². The molecule has 0 aromatic heterocycles. The van der Waals surface area contributed by atoms with Crippen LogP contribution in [0.4, 0.5) is 26.3 Å². The molecule has 0 amide bonds. The Kier molecular flexibility index (Phi) is 7.60. The molecule has 14 heteroatoms. The van der Waals surface area contributed by atoms with Crippen LogP contribution in [-0.2, 0) is 0 Å². The first-order valence-corrected chi connectivity index (χ1v) is 12.7. The highest BCUT2D eigenvalue weighted by Crippen LogP contribution is 2.57. The summed E-state index contributed by atoms with van der Waals surface area (Å²) in [6.07, 6.45) is 0. The minimum absolute atomic E-state index is 0.516. The third-order valence-corrected chi connectivity index (χ3v) is 7.39. The van der Waals surface area contributed by atoms with E-state index in [9.17, 15) is 31.6 Å². The van der Waals surface area contributed by atoms with Crippen LogP contribution in [0.15, 0.2) is 35.4 Å². The molecule has 0 spiro atoms. The van der Waals surface area contributed by atoms with Gasteiger partial charge in [-0.05, 0) is 24.3 Å². The summed E-state index contributed by atoms with van der Waals surface area (Å²) in [5, 5.41) is 77.6. The standard InChI is InChI=1S/C34H4F6N8/c35-19-1-13(5-41)2-20(36)29(19)25-17(11-47)27-31(23(25)15(7-43)8-44)34(40)32-24(16(9-45)10-46)26(18(12-48)28(32)33(27)39)30-21(37)3-14(6-42)4-22(30)38/h1-4H. The van der Waals surface area contributed by atoms with Crippen LogP contribution in [0.1, 0.15) is 44.5 Å². The van der Waals surface area contributed by atoms with Crippen LogP contribution in [0, 0.1) is 126 Å². The van der Waals surface area contributed by atoms with Crippen molar-refractivity contribution >= 4 is 33.4 Å². The minimum atomic E-state index is -1.74. The van der Waals surface area contributed by atoms with Crippen molar-refractivity contribution in [1.82, 2.24) is 0 Å². The Morgan fingerprint density at radius 1 is 0.396 bits per heavy atom. The Labute approximate surface area is 265 Å². The van der Waals surface area contributed by atoms with E-state index in [0.29, 0.717) is 24.3 Å². The molecule has 0 aliphatic heterocycles. The van der Waals surface area contributed by atoms with Gasteiger partial charge in [0.2, 0.25) is 0 Å². The number of nitrogens with zero attached hydrogens (tertiary/aromatic N) is 8. The zero-order valence-electron chi connectivity index (χ0n) is 23.2. The van der Waals surface area contributed by atoms with E-state index in [1.54, 1.807) is 0 Å². The van der Waals surface area contributed by atoms with Crippen molar-refractivity contribution in [2.75, 3.05) is 0 Å². The number of fused-ring (bicyclic) bond motifs is 2. The third-order valence-electron chi connectivity index (χ3n) is 7.39. The average molecular weight is 638 g/mol. The molecule has 0 heterocycles. The summed E-state index contributed by atoms with van der Waals surface area (Å²) in [5.74, 6) is -9.60. The lowest BCUT2D eigenvalue weighted by atomic mass is 9.87. The number of halogens is 6. The maximum Gasteiger partial charge on any atom is 0.141 e. The maximum absolute atomic E-state index is 17.1. The fourth-order valence-corrected chi connectivity index (χ4v) is 5.63. The second-order valence-corrected chi connectivity index (χ2v) is 9.65. The van der Waals surface area contributed by atoms with E-state index >= 15 is 26.3 Å². The SMILES string of the molecule is N#CC(C#N)=C1C(c2c(F)cc(C#N)cc2F)=C(C#N)c2c(F)c3c(c(F)c21)C(=C(C#N)C#N)C(c1c(F)cc(C#N)cc1F)=C3C#N. The van der Waals surface area contributed by atoms with E-state index in [1.165, 1.54) is 48.6 Å². The fourth-order valence-electron chi connectivity index (χ4n) is 5.63. The Bertz CT molecular complexity index is 2350. The van der Waals surface area contributed by atoms with Gasteiger partial charge in [-0.25, -0.2) is 26.3 Å². The lowest BCUT2D eigenvalue weighted by molar-refractivity contribution is 0.576. The quantitative estimate of drug-likeness (QED) is 0.217. The molecular formula is C34H4F6N8. The molecule has 0 bridgehead atoms.